The average Bonchev–Trinajstić information content (AvgIpc) is 2.87. The highest BCUT2D eigenvalue weighted by Gasteiger charge is 2.45. The van der Waals surface area contributed by atoms with Crippen molar-refractivity contribution in [2.24, 2.45) is 0 Å². The van der Waals surface area contributed by atoms with E-state index in [2.05, 4.69) is 16.4 Å². The first kappa shape index (κ1) is 26.3. The molecule has 0 amide bonds. The Morgan fingerprint density at radius 1 is 1.03 bits per heavy atom. The number of nitrogens with zero attached hydrogens (tertiary/aromatic N) is 1. The predicted molar refractivity (Wildman–Crippen MR) is 148 cm³/mol. The van der Waals surface area contributed by atoms with Crippen molar-refractivity contribution in [3.63, 3.8) is 0 Å². The zero-order valence-corrected chi connectivity index (χ0v) is 22.1. The van der Waals surface area contributed by atoms with Gasteiger partial charge in [0.2, 0.25) is 0 Å². The zero-order chi connectivity index (χ0) is 25.9. The van der Waals surface area contributed by atoms with Gasteiger partial charge in [0.15, 0.2) is 0 Å². The quantitative estimate of drug-likeness (QED) is 0.324. The lowest BCUT2D eigenvalue weighted by Gasteiger charge is -2.39. The van der Waals surface area contributed by atoms with E-state index in [4.69, 9.17) is 34.8 Å². The second kappa shape index (κ2) is 11.1. The third kappa shape index (κ3) is 5.47. The molecule has 3 aromatic rings. The van der Waals surface area contributed by atoms with Crippen LogP contribution in [-0.4, -0.2) is 41.2 Å². The van der Waals surface area contributed by atoms with Crippen molar-refractivity contribution in [3.05, 3.63) is 127 Å². The maximum atomic E-state index is 13.4. The van der Waals surface area contributed by atoms with Crippen LogP contribution in [0.3, 0.4) is 0 Å². The molecule has 0 radical (unpaired) electrons. The largest absolute Gasteiger partial charge is 0.383 e. The van der Waals surface area contributed by atoms with Crippen molar-refractivity contribution in [3.8, 4) is 11.1 Å². The van der Waals surface area contributed by atoms with Gasteiger partial charge in [-0.25, -0.2) is 0 Å². The fourth-order valence-corrected chi connectivity index (χ4v) is 4.94. The van der Waals surface area contributed by atoms with Crippen LogP contribution in [-0.2, 0) is 0 Å². The molecule has 2 unspecified atom stereocenters. The van der Waals surface area contributed by atoms with Crippen LogP contribution in [0, 0.1) is 0 Å². The van der Waals surface area contributed by atoms with Gasteiger partial charge >= 0.3 is 0 Å². The van der Waals surface area contributed by atoms with Gasteiger partial charge in [0, 0.05) is 35.3 Å². The summed E-state index contributed by atoms with van der Waals surface area (Å²) >= 11 is 19.1. The summed E-state index contributed by atoms with van der Waals surface area (Å²) in [5.74, 6) is -0.782. The molecular weight excluding hydrogens is 515 g/mol. The Morgan fingerprint density at radius 3 is 2.39 bits per heavy atom. The molecule has 2 aromatic carbocycles. The van der Waals surface area contributed by atoms with Gasteiger partial charge in [-0.2, -0.15) is 0 Å². The topological polar surface area (TPSA) is 56.3 Å². The molecule has 7 heteroatoms. The molecule has 4 nitrogen and oxygen atoms in total. The molecule has 0 saturated carbocycles. The normalized spacial score (nSPS) is 15.7. The zero-order valence-electron chi connectivity index (χ0n) is 19.9. The number of H-pyrrole nitrogens is 1. The first-order valence-electron chi connectivity index (χ1n) is 11.4. The van der Waals surface area contributed by atoms with Gasteiger partial charge in [-0.3, -0.25) is 4.79 Å². The maximum Gasteiger partial charge on any atom is 0.251 e. The highest BCUT2D eigenvalue weighted by molar-refractivity contribution is 6.42. The summed E-state index contributed by atoms with van der Waals surface area (Å²) in [6.45, 7) is 0.519. The number of rotatable bonds is 8. The van der Waals surface area contributed by atoms with E-state index in [9.17, 15) is 9.90 Å². The van der Waals surface area contributed by atoms with E-state index in [1.54, 1.807) is 18.3 Å². The van der Waals surface area contributed by atoms with E-state index < -0.39 is 11.5 Å². The van der Waals surface area contributed by atoms with Crippen LogP contribution < -0.4 is 5.56 Å². The molecule has 1 aromatic heterocycles. The number of pyridine rings is 1. The average molecular weight is 540 g/mol. The summed E-state index contributed by atoms with van der Waals surface area (Å²) < 4.78 is 0. The number of aromatic nitrogens is 1. The fourth-order valence-electron chi connectivity index (χ4n) is 4.40. The van der Waals surface area contributed by atoms with Gasteiger partial charge in [0.1, 0.15) is 5.60 Å². The number of aromatic amines is 1. The molecule has 2 N–H and O–H groups in total. The Morgan fingerprint density at radius 2 is 1.72 bits per heavy atom. The van der Waals surface area contributed by atoms with E-state index >= 15 is 0 Å². The molecule has 0 aliphatic heterocycles. The smallest absolute Gasteiger partial charge is 0.251 e. The summed E-state index contributed by atoms with van der Waals surface area (Å²) in [4.78, 5) is 18.2. The molecule has 1 heterocycles. The van der Waals surface area contributed by atoms with Crippen LogP contribution in [0.25, 0.3) is 11.1 Å². The van der Waals surface area contributed by atoms with Gasteiger partial charge in [-0.1, -0.05) is 88.7 Å². The maximum absolute atomic E-state index is 13.4. The van der Waals surface area contributed by atoms with Crippen molar-refractivity contribution in [1.82, 2.24) is 9.88 Å². The van der Waals surface area contributed by atoms with Crippen molar-refractivity contribution in [2.75, 3.05) is 20.6 Å². The number of allylic oxidation sites excluding steroid dienone is 2. The lowest BCUT2D eigenvalue weighted by atomic mass is 9.71. The Balaban J connectivity index is 1.99. The van der Waals surface area contributed by atoms with E-state index in [0.717, 1.165) is 16.7 Å². The van der Waals surface area contributed by atoms with Gasteiger partial charge in [0.05, 0.1) is 15.6 Å². The van der Waals surface area contributed by atoms with Gasteiger partial charge in [0.25, 0.3) is 5.56 Å². The van der Waals surface area contributed by atoms with Crippen molar-refractivity contribution < 1.29 is 5.11 Å². The number of aliphatic hydroxyl groups is 1. The lowest BCUT2D eigenvalue weighted by Crippen LogP contribution is -2.43. The van der Waals surface area contributed by atoms with Crippen LogP contribution in [0.1, 0.15) is 23.5 Å². The lowest BCUT2D eigenvalue weighted by molar-refractivity contribution is 0.0475. The second-order valence-electron chi connectivity index (χ2n) is 8.95. The number of benzene rings is 2. The Labute approximate surface area is 225 Å². The van der Waals surface area contributed by atoms with E-state index in [1.807, 2.05) is 67.5 Å². The molecule has 0 spiro atoms. The summed E-state index contributed by atoms with van der Waals surface area (Å²) in [6, 6.07) is 18.6. The third-order valence-electron chi connectivity index (χ3n) is 6.23. The fraction of sp³-hybridized carbons (Fsp3) is 0.207. The molecule has 36 heavy (non-hydrogen) atoms. The number of hydrogen-bond acceptors (Lipinski definition) is 3. The van der Waals surface area contributed by atoms with Crippen LogP contribution in [0.5, 0.6) is 0 Å². The van der Waals surface area contributed by atoms with E-state index in [-0.39, 0.29) is 22.0 Å². The SMILES string of the molecule is CN(C)CCC(O)(C1=C=C=CC(Cl)=C1Cl)C(c1ccccc1)c1cc(-c2ccc(Cl)cc2)c[nH]c1=O. The molecule has 2 atom stereocenters. The van der Waals surface area contributed by atoms with Crippen molar-refractivity contribution in [2.45, 2.75) is 17.9 Å². The molecule has 1 aliphatic carbocycles. The standard InChI is InChI=1S/C29H25Cl3N2O2/c1-34(2)16-15-29(36,24-9-6-10-25(31)27(24)32)26(20-7-4-3-5-8-20)23-17-21(18-33-28(23)35)19-11-13-22(30)14-12-19/h3-5,7-8,10-14,17-18,26,36H,15-16H2,1-2H3,(H,33,35). The van der Waals surface area contributed by atoms with Crippen LogP contribution in [0.15, 0.2) is 105 Å². The minimum Gasteiger partial charge on any atom is -0.383 e. The third-order valence-corrected chi connectivity index (χ3v) is 7.27. The minimum atomic E-state index is -1.63. The van der Waals surface area contributed by atoms with Crippen LogP contribution >= 0.6 is 34.8 Å². The Hall–Kier alpha value is -2.78. The Kier molecular flexibility index (Phi) is 8.10. The van der Waals surface area contributed by atoms with Crippen LogP contribution in [0.2, 0.25) is 5.02 Å². The molecule has 0 saturated heterocycles. The van der Waals surface area contributed by atoms with Gasteiger partial charge in [-0.05, 0) is 55.4 Å². The van der Waals surface area contributed by atoms with Crippen molar-refractivity contribution in [1.29, 1.82) is 0 Å². The highest BCUT2D eigenvalue weighted by Crippen LogP contribution is 2.45. The highest BCUT2D eigenvalue weighted by atomic mass is 35.5. The Bertz CT molecular complexity index is 1450. The minimum absolute atomic E-state index is 0.183. The molecular formula is C29H25Cl3N2O2. The molecule has 1 aliphatic rings. The van der Waals surface area contributed by atoms with Gasteiger partial charge in [-0.15, -0.1) is 0 Å². The van der Waals surface area contributed by atoms with E-state index in [1.165, 1.54) is 6.08 Å². The summed E-state index contributed by atoms with van der Waals surface area (Å²) in [5.41, 5.74) is 7.01. The number of hydrogen-bond donors (Lipinski definition) is 2. The molecule has 0 fully saturated rings. The predicted octanol–water partition coefficient (Wildman–Crippen LogP) is 6.45. The number of halogens is 3. The molecule has 184 valence electrons. The first-order chi connectivity index (χ1) is 17.2. The van der Waals surface area contributed by atoms with E-state index in [0.29, 0.717) is 22.7 Å². The second-order valence-corrected chi connectivity index (χ2v) is 10.2. The molecule has 0 bridgehead atoms. The first-order valence-corrected chi connectivity index (χ1v) is 12.5. The van der Waals surface area contributed by atoms with Crippen molar-refractivity contribution >= 4 is 34.8 Å². The monoisotopic (exact) mass is 538 g/mol. The summed E-state index contributed by atoms with van der Waals surface area (Å²) in [5, 5.41) is 13.6. The van der Waals surface area contributed by atoms with Gasteiger partial charge < -0.3 is 15.0 Å². The number of nitrogens with one attached hydrogen (secondary N) is 1. The van der Waals surface area contributed by atoms with Crippen LogP contribution in [0.4, 0.5) is 0 Å². The summed E-state index contributed by atoms with van der Waals surface area (Å²) in [6.07, 6.45) is 3.42. The molecule has 4 rings (SSSR count). The summed E-state index contributed by atoms with van der Waals surface area (Å²) in [7, 11) is 3.84.